The molecule has 0 bridgehead atoms. The minimum absolute atomic E-state index is 0.0133. The highest BCUT2D eigenvalue weighted by Gasteiger charge is 2.04. The first kappa shape index (κ1) is 9.98. The average Bonchev–Trinajstić information content (AvgIpc) is 2.06. The number of ether oxygens (including phenoxy) is 1. The molecule has 4 nitrogen and oxygen atoms in total. The Hall–Kier alpha value is -1.10. The predicted octanol–water partition coefficient (Wildman–Crippen LogP) is 1.61. The van der Waals surface area contributed by atoms with Crippen molar-refractivity contribution in [2.75, 3.05) is 0 Å². The van der Waals surface area contributed by atoms with Crippen LogP contribution in [0.5, 0.6) is 5.75 Å². The van der Waals surface area contributed by atoms with Crippen LogP contribution in [0.1, 0.15) is 12.6 Å². The third-order valence-electron chi connectivity index (χ3n) is 1.33. The Balaban J connectivity index is 2.75. The molecule has 0 atom stereocenters. The van der Waals surface area contributed by atoms with Gasteiger partial charge in [-0.25, -0.2) is 4.98 Å². The molecule has 0 unspecified atom stereocenters. The van der Waals surface area contributed by atoms with Crippen molar-refractivity contribution in [1.82, 2.24) is 4.98 Å². The molecule has 0 aliphatic heterocycles. The Morgan fingerprint density at radius 3 is 3.00 bits per heavy atom. The van der Waals surface area contributed by atoms with Gasteiger partial charge in [-0.05, 0) is 28.1 Å². The zero-order chi connectivity index (χ0) is 9.84. The molecule has 0 spiro atoms. The zero-order valence-corrected chi connectivity index (χ0v) is 8.54. The minimum Gasteiger partial charge on any atom is -0.506 e. The van der Waals surface area contributed by atoms with Crippen LogP contribution in [0.25, 0.3) is 0 Å². The molecule has 1 rings (SSSR count). The first-order valence-corrected chi connectivity index (χ1v) is 4.36. The number of hydrogen-bond acceptors (Lipinski definition) is 4. The maximum absolute atomic E-state index is 10.5. The van der Waals surface area contributed by atoms with Crippen LogP contribution < -0.4 is 0 Å². The van der Waals surface area contributed by atoms with Gasteiger partial charge in [-0.2, -0.15) is 0 Å². The second kappa shape index (κ2) is 4.23. The van der Waals surface area contributed by atoms with Gasteiger partial charge in [0.05, 0.1) is 0 Å². The summed E-state index contributed by atoms with van der Waals surface area (Å²) in [5.74, 6) is -0.384. The highest BCUT2D eigenvalue weighted by atomic mass is 79.9. The Bertz CT molecular complexity index is 327. The Labute approximate surface area is 83.7 Å². The molecule has 5 heteroatoms. The van der Waals surface area contributed by atoms with E-state index in [1.165, 1.54) is 13.0 Å². The van der Waals surface area contributed by atoms with E-state index in [0.717, 1.165) is 0 Å². The number of hydrogen-bond donors (Lipinski definition) is 1. The lowest BCUT2D eigenvalue weighted by Gasteiger charge is -2.03. The molecule has 0 aromatic carbocycles. The van der Waals surface area contributed by atoms with Crippen molar-refractivity contribution in [3.8, 4) is 5.75 Å². The predicted molar refractivity (Wildman–Crippen MR) is 49.1 cm³/mol. The highest BCUT2D eigenvalue weighted by Crippen LogP contribution is 2.18. The van der Waals surface area contributed by atoms with E-state index in [2.05, 4.69) is 25.7 Å². The van der Waals surface area contributed by atoms with Gasteiger partial charge in [-0.1, -0.05) is 0 Å². The molecular weight excluding hydrogens is 238 g/mol. The van der Waals surface area contributed by atoms with E-state index in [9.17, 15) is 9.90 Å². The smallest absolute Gasteiger partial charge is 0.303 e. The van der Waals surface area contributed by atoms with Crippen molar-refractivity contribution in [3.63, 3.8) is 0 Å². The first-order chi connectivity index (χ1) is 6.09. The molecule has 1 aromatic rings. The van der Waals surface area contributed by atoms with E-state index in [0.29, 0.717) is 10.3 Å². The second-order valence-electron chi connectivity index (χ2n) is 2.38. The lowest BCUT2D eigenvalue weighted by molar-refractivity contribution is -0.142. The van der Waals surface area contributed by atoms with E-state index in [4.69, 9.17) is 0 Å². The Morgan fingerprint density at radius 2 is 2.38 bits per heavy atom. The van der Waals surface area contributed by atoms with E-state index in [-0.39, 0.29) is 12.4 Å². The van der Waals surface area contributed by atoms with Crippen LogP contribution in [-0.2, 0) is 16.1 Å². The summed E-state index contributed by atoms with van der Waals surface area (Å²) in [6.45, 7) is 1.29. The fourth-order valence-electron chi connectivity index (χ4n) is 0.744. The van der Waals surface area contributed by atoms with Gasteiger partial charge in [-0.15, -0.1) is 0 Å². The number of aromatic hydroxyl groups is 1. The van der Waals surface area contributed by atoms with Crippen molar-refractivity contribution in [1.29, 1.82) is 0 Å². The zero-order valence-electron chi connectivity index (χ0n) is 6.95. The largest absolute Gasteiger partial charge is 0.506 e. The van der Waals surface area contributed by atoms with Crippen molar-refractivity contribution in [3.05, 3.63) is 22.4 Å². The van der Waals surface area contributed by atoms with Gasteiger partial charge in [0.2, 0.25) is 0 Å². The molecule has 0 amide bonds. The summed E-state index contributed by atoms with van der Waals surface area (Å²) >= 11 is 3.14. The third-order valence-corrected chi connectivity index (χ3v) is 1.77. The minimum atomic E-state index is -0.402. The van der Waals surface area contributed by atoms with Crippen LogP contribution >= 0.6 is 15.9 Å². The van der Waals surface area contributed by atoms with Crippen LogP contribution in [0.3, 0.4) is 0 Å². The number of rotatable bonds is 2. The molecule has 70 valence electrons. The van der Waals surface area contributed by atoms with Crippen molar-refractivity contribution < 1.29 is 14.6 Å². The van der Waals surface area contributed by atoms with Gasteiger partial charge in [0, 0.05) is 6.92 Å². The topological polar surface area (TPSA) is 59.4 Å². The van der Waals surface area contributed by atoms with Crippen molar-refractivity contribution >= 4 is 21.9 Å². The maximum Gasteiger partial charge on any atom is 0.303 e. The van der Waals surface area contributed by atoms with Crippen LogP contribution in [0, 0.1) is 0 Å². The molecular formula is C8H8BrNO3. The molecule has 0 fully saturated rings. The molecule has 0 aliphatic rings. The summed E-state index contributed by atoms with van der Waals surface area (Å²) in [7, 11) is 0. The second-order valence-corrected chi connectivity index (χ2v) is 3.19. The number of nitrogens with zero attached hydrogens (tertiary/aromatic N) is 1. The van der Waals surface area contributed by atoms with Crippen molar-refractivity contribution in [2.45, 2.75) is 13.5 Å². The van der Waals surface area contributed by atoms with Gasteiger partial charge in [0.15, 0.2) is 0 Å². The maximum atomic E-state index is 10.5. The SMILES string of the molecule is CC(=O)OCc1nc(Br)ccc1O. The van der Waals surface area contributed by atoms with Crippen LogP contribution in [0.4, 0.5) is 0 Å². The number of esters is 1. The molecule has 0 radical (unpaired) electrons. The molecule has 1 N–H and O–H groups in total. The Kier molecular flexibility index (Phi) is 3.25. The third kappa shape index (κ3) is 3.02. The van der Waals surface area contributed by atoms with Gasteiger partial charge in [0.25, 0.3) is 0 Å². The molecule has 13 heavy (non-hydrogen) atoms. The molecule has 1 aromatic heterocycles. The van der Waals surface area contributed by atoms with E-state index in [1.54, 1.807) is 6.07 Å². The average molecular weight is 246 g/mol. The summed E-state index contributed by atoms with van der Waals surface area (Å²) < 4.78 is 5.27. The van der Waals surface area contributed by atoms with Crippen LogP contribution in [-0.4, -0.2) is 16.1 Å². The van der Waals surface area contributed by atoms with Gasteiger partial charge >= 0.3 is 5.97 Å². The van der Waals surface area contributed by atoms with Gasteiger partial charge < -0.3 is 9.84 Å². The van der Waals surface area contributed by atoms with E-state index >= 15 is 0 Å². The van der Waals surface area contributed by atoms with Crippen LogP contribution in [0.2, 0.25) is 0 Å². The Morgan fingerprint density at radius 1 is 1.69 bits per heavy atom. The fraction of sp³-hybridized carbons (Fsp3) is 0.250. The summed E-state index contributed by atoms with van der Waals surface area (Å²) in [5, 5.41) is 9.27. The summed E-state index contributed by atoms with van der Waals surface area (Å²) in [4.78, 5) is 14.4. The number of pyridine rings is 1. The van der Waals surface area contributed by atoms with Gasteiger partial charge in [-0.3, -0.25) is 4.79 Å². The number of halogens is 1. The molecule has 1 heterocycles. The molecule has 0 saturated carbocycles. The standard InChI is InChI=1S/C8H8BrNO3/c1-5(11)13-4-6-7(12)2-3-8(9)10-6/h2-3,12H,4H2,1H3. The fourth-order valence-corrected chi connectivity index (χ4v) is 1.09. The molecule has 0 aliphatic carbocycles. The lowest BCUT2D eigenvalue weighted by atomic mass is 10.3. The van der Waals surface area contributed by atoms with Crippen molar-refractivity contribution in [2.24, 2.45) is 0 Å². The molecule has 0 saturated heterocycles. The highest BCUT2D eigenvalue weighted by molar-refractivity contribution is 9.10. The number of carbonyl (C=O) groups excluding carboxylic acids is 1. The van der Waals surface area contributed by atoms with E-state index < -0.39 is 5.97 Å². The quantitative estimate of drug-likeness (QED) is 0.636. The summed E-state index contributed by atoms with van der Waals surface area (Å²) in [6.07, 6.45) is 0. The monoisotopic (exact) mass is 245 g/mol. The van der Waals surface area contributed by atoms with E-state index in [1.807, 2.05) is 0 Å². The summed E-state index contributed by atoms with van der Waals surface area (Å²) in [5.41, 5.74) is 0.338. The normalized spacial score (nSPS) is 9.69. The first-order valence-electron chi connectivity index (χ1n) is 3.57. The number of carbonyl (C=O) groups is 1. The van der Waals surface area contributed by atoms with Crippen LogP contribution in [0.15, 0.2) is 16.7 Å². The van der Waals surface area contributed by atoms with Gasteiger partial charge in [0.1, 0.15) is 22.7 Å². The summed E-state index contributed by atoms with van der Waals surface area (Å²) in [6, 6.07) is 3.09. The number of aromatic nitrogens is 1. The lowest BCUT2D eigenvalue weighted by Crippen LogP contribution is -2.01.